The van der Waals surface area contributed by atoms with E-state index in [0.717, 1.165) is 0 Å². The fourth-order valence-corrected chi connectivity index (χ4v) is 0.964. The van der Waals surface area contributed by atoms with Crippen molar-refractivity contribution in [2.24, 2.45) is 5.73 Å². The molecule has 7 heteroatoms. The zero-order valence-corrected chi connectivity index (χ0v) is 8.51. The monoisotopic (exact) mass is 221 g/mol. The minimum Gasteiger partial charge on any atom is -0.370 e. The number of hydrogen-bond donors (Lipinski definition) is 2. The first-order valence-corrected chi connectivity index (χ1v) is 4.55. The van der Waals surface area contributed by atoms with Gasteiger partial charge in [-0.25, -0.2) is 9.97 Å². The minimum absolute atomic E-state index is 0.118. The lowest BCUT2D eigenvalue weighted by molar-refractivity contribution is -0.122. The third-order valence-electron chi connectivity index (χ3n) is 1.59. The van der Waals surface area contributed by atoms with Gasteiger partial charge in [0.1, 0.15) is 12.7 Å². The van der Waals surface area contributed by atoms with Crippen LogP contribution < -0.4 is 11.1 Å². The molecule has 16 heavy (non-hydrogen) atoms. The number of anilines is 1. The standard InChI is InChI=1S/C9H11N5O2/c10-5-7-9(13-2-1-12-7)14-3-4-16-6-8(11)15/h1-2H,3-4,6H2,(H2,11,15)(H,13,14). The first kappa shape index (κ1) is 11.9. The summed E-state index contributed by atoms with van der Waals surface area (Å²) in [6.07, 6.45) is 2.92. The number of carbonyl (C=O) groups excluding carboxylic acids is 1. The lowest BCUT2D eigenvalue weighted by Gasteiger charge is -2.05. The lowest BCUT2D eigenvalue weighted by Crippen LogP contribution is -2.21. The predicted octanol–water partition coefficient (Wildman–Crippen LogP) is -0.738. The van der Waals surface area contributed by atoms with Crippen LogP contribution in [0.5, 0.6) is 0 Å². The number of hydrogen-bond acceptors (Lipinski definition) is 6. The number of aromatic nitrogens is 2. The number of nitriles is 1. The first-order chi connectivity index (χ1) is 7.74. The van der Waals surface area contributed by atoms with E-state index in [0.29, 0.717) is 19.0 Å². The summed E-state index contributed by atoms with van der Waals surface area (Å²) < 4.78 is 4.92. The van der Waals surface area contributed by atoms with Crippen molar-refractivity contribution in [2.75, 3.05) is 25.1 Å². The van der Waals surface area contributed by atoms with Gasteiger partial charge in [-0.05, 0) is 0 Å². The van der Waals surface area contributed by atoms with Gasteiger partial charge < -0.3 is 15.8 Å². The third-order valence-corrected chi connectivity index (χ3v) is 1.59. The number of nitrogens with one attached hydrogen (secondary N) is 1. The van der Waals surface area contributed by atoms with Crippen LogP contribution in [0.25, 0.3) is 0 Å². The zero-order valence-electron chi connectivity index (χ0n) is 8.51. The van der Waals surface area contributed by atoms with Crippen molar-refractivity contribution < 1.29 is 9.53 Å². The number of amides is 1. The van der Waals surface area contributed by atoms with Crippen molar-refractivity contribution >= 4 is 11.7 Å². The molecule has 1 amide bonds. The molecule has 1 heterocycles. The topological polar surface area (TPSA) is 114 Å². The maximum absolute atomic E-state index is 10.3. The lowest BCUT2D eigenvalue weighted by atomic mass is 10.4. The molecule has 0 fully saturated rings. The van der Waals surface area contributed by atoms with E-state index in [2.05, 4.69) is 15.3 Å². The number of ether oxygens (including phenoxy) is 1. The molecule has 1 rings (SSSR count). The van der Waals surface area contributed by atoms with Crippen LogP contribution in [0.2, 0.25) is 0 Å². The number of nitrogens with two attached hydrogens (primary N) is 1. The number of nitrogens with zero attached hydrogens (tertiary/aromatic N) is 3. The van der Waals surface area contributed by atoms with E-state index < -0.39 is 5.91 Å². The van der Waals surface area contributed by atoms with Gasteiger partial charge in [0, 0.05) is 18.9 Å². The summed E-state index contributed by atoms with van der Waals surface area (Å²) >= 11 is 0. The van der Waals surface area contributed by atoms with E-state index in [1.807, 2.05) is 6.07 Å². The molecule has 3 N–H and O–H groups in total. The van der Waals surface area contributed by atoms with Crippen molar-refractivity contribution in [3.8, 4) is 6.07 Å². The Balaban J connectivity index is 2.32. The van der Waals surface area contributed by atoms with E-state index in [1.54, 1.807) is 0 Å². The fraction of sp³-hybridized carbons (Fsp3) is 0.333. The average Bonchev–Trinajstić information content (AvgIpc) is 2.29. The number of carbonyl (C=O) groups is 1. The molecule has 0 spiro atoms. The minimum atomic E-state index is -0.516. The van der Waals surface area contributed by atoms with Gasteiger partial charge >= 0.3 is 0 Å². The first-order valence-electron chi connectivity index (χ1n) is 4.55. The van der Waals surface area contributed by atoms with Crippen LogP contribution in [0.15, 0.2) is 12.4 Å². The molecule has 84 valence electrons. The summed E-state index contributed by atoms with van der Waals surface area (Å²) in [6, 6.07) is 1.90. The summed E-state index contributed by atoms with van der Waals surface area (Å²) in [5.41, 5.74) is 5.10. The second-order valence-electron chi connectivity index (χ2n) is 2.81. The molecule has 1 aromatic rings. The Morgan fingerprint density at radius 2 is 2.31 bits per heavy atom. The second kappa shape index (κ2) is 6.31. The largest absolute Gasteiger partial charge is 0.370 e. The van der Waals surface area contributed by atoms with Gasteiger partial charge in [0.05, 0.1) is 6.61 Å². The molecule has 0 aliphatic carbocycles. The predicted molar refractivity (Wildman–Crippen MR) is 55.3 cm³/mol. The fourth-order valence-electron chi connectivity index (χ4n) is 0.964. The van der Waals surface area contributed by atoms with Crippen LogP contribution >= 0.6 is 0 Å². The third kappa shape index (κ3) is 3.89. The Morgan fingerprint density at radius 1 is 1.56 bits per heavy atom. The summed E-state index contributed by atoms with van der Waals surface area (Å²) in [7, 11) is 0. The molecule has 0 saturated heterocycles. The molecule has 0 aliphatic rings. The molecule has 1 aromatic heterocycles. The summed E-state index contributed by atoms with van der Waals surface area (Å²) in [5, 5.41) is 11.6. The highest BCUT2D eigenvalue weighted by atomic mass is 16.5. The Kier molecular flexibility index (Phi) is 4.69. The molecule has 0 aliphatic heterocycles. The smallest absolute Gasteiger partial charge is 0.243 e. The Hall–Kier alpha value is -2.20. The summed E-state index contributed by atoms with van der Waals surface area (Å²) in [4.78, 5) is 18.1. The van der Waals surface area contributed by atoms with Crippen molar-refractivity contribution in [2.45, 2.75) is 0 Å². The molecule has 7 nitrogen and oxygen atoms in total. The molecule has 0 aromatic carbocycles. The molecule has 0 unspecified atom stereocenters. The van der Waals surface area contributed by atoms with Gasteiger partial charge in [0.2, 0.25) is 5.91 Å². The van der Waals surface area contributed by atoms with Crippen molar-refractivity contribution in [1.82, 2.24) is 9.97 Å². The Morgan fingerprint density at radius 3 is 3.00 bits per heavy atom. The van der Waals surface area contributed by atoms with Gasteiger partial charge in [-0.1, -0.05) is 0 Å². The van der Waals surface area contributed by atoms with Crippen LogP contribution in [-0.4, -0.2) is 35.6 Å². The van der Waals surface area contributed by atoms with Crippen LogP contribution in [0.4, 0.5) is 5.82 Å². The SMILES string of the molecule is N#Cc1nccnc1NCCOCC(N)=O. The average molecular weight is 221 g/mol. The summed E-state index contributed by atoms with van der Waals surface area (Å²) in [5.74, 6) is -0.120. The number of rotatable bonds is 6. The summed E-state index contributed by atoms with van der Waals surface area (Å²) in [6.45, 7) is 0.596. The van der Waals surface area contributed by atoms with Gasteiger partial charge in [0.25, 0.3) is 0 Å². The number of primary amides is 1. The molecular weight excluding hydrogens is 210 g/mol. The van der Waals surface area contributed by atoms with Crippen LogP contribution in [0.1, 0.15) is 5.69 Å². The molecular formula is C9H11N5O2. The second-order valence-corrected chi connectivity index (χ2v) is 2.81. The highest BCUT2D eigenvalue weighted by Crippen LogP contribution is 2.04. The zero-order chi connectivity index (χ0) is 11.8. The highest BCUT2D eigenvalue weighted by molar-refractivity contribution is 5.74. The molecule has 0 saturated carbocycles. The van der Waals surface area contributed by atoms with Gasteiger partial charge in [0.15, 0.2) is 11.5 Å². The maximum atomic E-state index is 10.3. The molecule has 0 bridgehead atoms. The van der Waals surface area contributed by atoms with Gasteiger partial charge in [-0.2, -0.15) is 5.26 Å². The van der Waals surface area contributed by atoms with E-state index in [-0.39, 0.29) is 12.3 Å². The van der Waals surface area contributed by atoms with Gasteiger partial charge in [-0.15, -0.1) is 0 Å². The normalized spacial score (nSPS) is 9.44. The van der Waals surface area contributed by atoms with Crippen molar-refractivity contribution in [3.05, 3.63) is 18.1 Å². The van der Waals surface area contributed by atoms with Crippen molar-refractivity contribution in [3.63, 3.8) is 0 Å². The van der Waals surface area contributed by atoms with Gasteiger partial charge in [-0.3, -0.25) is 4.79 Å². The van der Waals surface area contributed by atoms with E-state index in [4.69, 9.17) is 15.7 Å². The Bertz CT molecular complexity index is 401. The van der Waals surface area contributed by atoms with Crippen molar-refractivity contribution in [1.29, 1.82) is 5.26 Å². The maximum Gasteiger partial charge on any atom is 0.243 e. The van der Waals surface area contributed by atoms with Crippen LogP contribution in [-0.2, 0) is 9.53 Å². The van der Waals surface area contributed by atoms with E-state index in [9.17, 15) is 4.79 Å². The van der Waals surface area contributed by atoms with Crippen LogP contribution in [0.3, 0.4) is 0 Å². The molecule has 0 atom stereocenters. The highest BCUT2D eigenvalue weighted by Gasteiger charge is 2.02. The Labute approximate surface area is 92.3 Å². The van der Waals surface area contributed by atoms with E-state index in [1.165, 1.54) is 12.4 Å². The quantitative estimate of drug-likeness (QED) is 0.611. The molecule has 0 radical (unpaired) electrons. The van der Waals surface area contributed by atoms with Crippen LogP contribution in [0, 0.1) is 11.3 Å². The van der Waals surface area contributed by atoms with E-state index >= 15 is 0 Å².